The number of hydrogen-bond donors (Lipinski definition) is 2. The Bertz CT molecular complexity index is 1170. The fraction of sp³-hybridized carbons (Fsp3) is 0.273. The number of likely N-dealkylation sites (tertiary alicyclic amines) is 1. The van der Waals surface area contributed by atoms with Crippen LogP contribution in [-0.2, 0) is 0 Å². The van der Waals surface area contributed by atoms with Crippen LogP contribution in [0.25, 0.3) is 0 Å². The second kappa shape index (κ2) is 9.82. The monoisotopic (exact) mass is 471 g/mol. The van der Waals surface area contributed by atoms with Gasteiger partial charge in [0.1, 0.15) is 22.3 Å². The maximum atomic E-state index is 13.4. The first-order valence-corrected chi connectivity index (χ1v) is 11.0. The third kappa shape index (κ3) is 5.03. The van der Waals surface area contributed by atoms with Crippen LogP contribution in [0.3, 0.4) is 0 Å². The van der Waals surface area contributed by atoms with Crippen molar-refractivity contribution in [2.75, 3.05) is 31.4 Å². The smallest absolute Gasteiger partial charge is 0.322 e. The van der Waals surface area contributed by atoms with E-state index in [0.717, 1.165) is 17.8 Å². The molecule has 2 N–H and O–H groups in total. The maximum Gasteiger partial charge on any atom is 0.322 e. The molecule has 1 aromatic heterocycles. The van der Waals surface area contributed by atoms with E-state index in [0.29, 0.717) is 40.8 Å². The predicted octanol–water partition coefficient (Wildman–Crippen LogP) is 4.32. The van der Waals surface area contributed by atoms with E-state index in [1.807, 2.05) is 0 Å². The Morgan fingerprint density at radius 1 is 1.12 bits per heavy atom. The summed E-state index contributed by atoms with van der Waals surface area (Å²) in [5, 5.41) is 14.3. The van der Waals surface area contributed by atoms with Crippen molar-refractivity contribution < 1.29 is 23.5 Å². The highest BCUT2D eigenvalue weighted by Gasteiger charge is 2.33. The fourth-order valence-electron chi connectivity index (χ4n) is 3.58. The van der Waals surface area contributed by atoms with Crippen molar-refractivity contribution in [3.8, 4) is 11.5 Å². The van der Waals surface area contributed by atoms with Crippen LogP contribution >= 0.6 is 11.3 Å². The van der Waals surface area contributed by atoms with E-state index in [4.69, 9.17) is 9.47 Å². The first kappa shape index (κ1) is 22.5. The van der Waals surface area contributed by atoms with E-state index in [2.05, 4.69) is 20.8 Å². The van der Waals surface area contributed by atoms with Gasteiger partial charge < -0.3 is 25.0 Å². The molecule has 1 aliphatic rings. The van der Waals surface area contributed by atoms with Crippen LogP contribution in [0, 0.1) is 5.82 Å². The molecule has 0 aliphatic carbocycles. The highest BCUT2D eigenvalue weighted by atomic mass is 32.1. The average molecular weight is 472 g/mol. The van der Waals surface area contributed by atoms with Gasteiger partial charge in [-0.25, -0.2) is 9.18 Å². The number of ether oxygens (including phenoxy) is 2. The zero-order valence-electron chi connectivity index (χ0n) is 18.0. The standard InChI is InChI=1S/C22H22FN5O4S/c1-31-15-8-9-18(32-2)16(12-15)25-22(30)28-10-4-7-17(28)20-26-27-21(33-20)19(29)24-14-6-3-5-13(23)11-14/h3,5-6,8-9,11-12,17H,4,7,10H2,1-2H3,(H,24,29)(H,25,30). The molecule has 33 heavy (non-hydrogen) atoms. The van der Waals surface area contributed by atoms with Gasteiger partial charge in [-0.2, -0.15) is 0 Å². The summed E-state index contributed by atoms with van der Waals surface area (Å²) in [6.07, 6.45) is 1.49. The van der Waals surface area contributed by atoms with Crippen molar-refractivity contribution in [2.24, 2.45) is 0 Å². The average Bonchev–Trinajstić information content (AvgIpc) is 3.48. The third-order valence-electron chi connectivity index (χ3n) is 5.16. The minimum atomic E-state index is -0.487. The van der Waals surface area contributed by atoms with Crippen molar-refractivity contribution in [1.82, 2.24) is 15.1 Å². The Morgan fingerprint density at radius 2 is 1.97 bits per heavy atom. The molecule has 2 heterocycles. The number of carbonyl (C=O) groups is 2. The van der Waals surface area contributed by atoms with Gasteiger partial charge in [0.2, 0.25) is 5.01 Å². The van der Waals surface area contributed by atoms with E-state index in [9.17, 15) is 14.0 Å². The minimum absolute atomic E-state index is 0.135. The summed E-state index contributed by atoms with van der Waals surface area (Å²) in [5.41, 5.74) is 0.811. The number of hydrogen-bond acceptors (Lipinski definition) is 7. The third-order valence-corrected chi connectivity index (χ3v) is 6.19. The lowest BCUT2D eigenvalue weighted by molar-refractivity contribution is 0.102. The van der Waals surface area contributed by atoms with Gasteiger partial charge >= 0.3 is 6.03 Å². The molecule has 1 unspecified atom stereocenters. The lowest BCUT2D eigenvalue weighted by Gasteiger charge is -2.23. The second-order valence-electron chi connectivity index (χ2n) is 7.26. The van der Waals surface area contributed by atoms with Crippen LogP contribution in [0.4, 0.5) is 20.6 Å². The summed E-state index contributed by atoms with van der Waals surface area (Å²) in [5.74, 6) is 0.153. The largest absolute Gasteiger partial charge is 0.497 e. The molecule has 4 rings (SSSR count). The number of amides is 3. The van der Waals surface area contributed by atoms with Crippen molar-refractivity contribution >= 4 is 34.6 Å². The Balaban J connectivity index is 1.47. The zero-order valence-corrected chi connectivity index (χ0v) is 18.8. The number of methoxy groups -OCH3 is 2. The molecule has 0 spiro atoms. The molecule has 0 bridgehead atoms. The van der Waals surface area contributed by atoms with E-state index >= 15 is 0 Å². The molecular weight excluding hydrogens is 449 g/mol. The molecule has 1 saturated heterocycles. The number of rotatable bonds is 6. The van der Waals surface area contributed by atoms with Crippen LogP contribution in [0.5, 0.6) is 11.5 Å². The molecule has 1 aliphatic heterocycles. The summed E-state index contributed by atoms with van der Waals surface area (Å²) in [7, 11) is 3.06. The van der Waals surface area contributed by atoms with Crippen LogP contribution in [0.1, 0.15) is 33.7 Å². The molecule has 0 saturated carbocycles. The van der Waals surface area contributed by atoms with Gasteiger partial charge in [-0.1, -0.05) is 17.4 Å². The van der Waals surface area contributed by atoms with Crippen LogP contribution in [-0.4, -0.2) is 47.8 Å². The lowest BCUT2D eigenvalue weighted by atomic mass is 10.2. The van der Waals surface area contributed by atoms with E-state index in [1.165, 1.54) is 25.3 Å². The highest BCUT2D eigenvalue weighted by molar-refractivity contribution is 7.13. The van der Waals surface area contributed by atoms with Gasteiger partial charge in [-0.15, -0.1) is 10.2 Å². The first-order chi connectivity index (χ1) is 16.0. The normalized spacial score (nSPS) is 15.2. The molecule has 1 fully saturated rings. The summed E-state index contributed by atoms with van der Waals surface area (Å²) in [4.78, 5) is 27.2. The van der Waals surface area contributed by atoms with Gasteiger partial charge in [0, 0.05) is 18.3 Å². The molecular formula is C22H22FN5O4S. The summed E-state index contributed by atoms with van der Waals surface area (Å²) in [6, 6.07) is 10.1. The Labute approximate surface area is 193 Å². The quantitative estimate of drug-likeness (QED) is 0.555. The fourth-order valence-corrected chi connectivity index (χ4v) is 4.46. The van der Waals surface area contributed by atoms with Gasteiger partial charge in [-0.05, 0) is 43.2 Å². The lowest BCUT2D eigenvalue weighted by Crippen LogP contribution is -2.34. The number of aromatic nitrogens is 2. The SMILES string of the molecule is COc1ccc(OC)c(NC(=O)N2CCCC2c2nnc(C(=O)Nc3cccc(F)c3)s2)c1. The van der Waals surface area contributed by atoms with Crippen molar-refractivity contribution in [2.45, 2.75) is 18.9 Å². The summed E-state index contributed by atoms with van der Waals surface area (Å²) >= 11 is 1.11. The van der Waals surface area contributed by atoms with E-state index in [-0.39, 0.29) is 17.1 Å². The molecule has 3 aromatic rings. The van der Waals surface area contributed by atoms with Gasteiger partial charge in [0.25, 0.3) is 5.91 Å². The number of carbonyl (C=O) groups excluding carboxylic acids is 2. The van der Waals surface area contributed by atoms with E-state index in [1.54, 1.807) is 36.3 Å². The topological polar surface area (TPSA) is 106 Å². The molecule has 3 amide bonds. The number of anilines is 2. The van der Waals surface area contributed by atoms with Crippen LogP contribution in [0.2, 0.25) is 0 Å². The minimum Gasteiger partial charge on any atom is -0.497 e. The molecule has 9 nitrogen and oxygen atoms in total. The molecule has 0 radical (unpaired) electrons. The van der Waals surface area contributed by atoms with Crippen LogP contribution < -0.4 is 20.1 Å². The summed E-state index contributed by atoms with van der Waals surface area (Å²) < 4.78 is 23.9. The molecule has 2 aromatic carbocycles. The Hall–Kier alpha value is -3.73. The molecule has 172 valence electrons. The van der Waals surface area contributed by atoms with Crippen LogP contribution in [0.15, 0.2) is 42.5 Å². The second-order valence-corrected chi connectivity index (χ2v) is 8.27. The zero-order chi connectivity index (χ0) is 23.4. The van der Waals surface area contributed by atoms with Gasteiger partial charge in [-0.3, -0.25) is 4.79 Å². The Kier molecular flexibility index (Phi) is 6.68. The van der Waals surface area contributed by atoms with Gasteiger partial charge in [0.05, 0.1) is 25.9 Å². The maximum absolute atomic E-state index is 13.4. The number of nitrogens with zero attached hydrogens (tertiary/aromatic N) is 3. The van der Waals surface area contributed by atoms with Crippen molar-refractivity contribution in [1.29, 1.82) is 0 Å². The highest BCUT2D eigenvalue weighted by Crippen LogP contribution is 2.35. The number of benzene rings is 2. The predicted molar refractivity (Wildman–Crippen MR) is 122 cm³/mol. The Morgan fingerprint density at radius 3 is 2.73 bits per heavy atom. The van der Waals surface area contributed by atoms with Gasteiger partial charge in [0.15, 0.2) is 0 Å². The molecule has 11 heteroatoms. The van der Waals surface area contributed by atoms with Crippen molar-refractivity contribution in [3.05, 3.63) is 58.3 Å². The summed E-state index contributed by atoms with van der Waals surface area (Å²) in [6.45, 7) is 0.535. The number of halogens is 1. The first-order valence-electron chi connectivity index (χ1n) is 10.2. The number of nitrogens with one attached hydrogen (secondary N) is 2. The van der Waals surface area contributed by atoms with E-state index < -0.39 is 11.7 Å². The van der Waals surface area contributed by atoms with Crippen molar-refractivity contribution in [3.63, 3.8) is 0 Å². The number of urea groups is 1. The molecule has 1 atom stereocenters.